The standard InChI is InChI=1S/C20H22ClNO4/c1-11-4-18-13(6-16(11)21)12(9-25-18)5-19(24)22-7-15-14(8-23)17-2-3-20(15,10-22)26-17/h4,6,9,14-15,17,23H,2-3,5,7-8,10H2,1H3/t14-,15+,17+,20+/m0/s1. The maximum absolute atomic E-state index is 12.9. The average molecular weight is 376 g/mol. The lowest BCUT2D eigenvalue weighted by molar-refractivity contribution is -0.131. The normalized spacial score (nSPS) is 32.6. The highest BCUT2D eigenvalue weighted by atomic mass is 35.5. The number of likely N-dealkylation sites (tertiary alicyclic amines) is 1. The van der Waals surface area contributed by atoms with Gasteiger partial charge in [0, 0.05) is 41.0 Å². The molecule has 0 saturated carbocycles. The maximum Gasteiger partial charge on any atom is 0.227 e. The van der Waals surface area contributed by atoms with Crippen molar-refractivity contribution in [2.45, 2.75) is 37.9 Å². The molecule has 1 amide bonds. The van der Waals surface area contributed by atoms with Crippen LogP contribution in [0.1, 0.15) is 24.0 Å². The molecule has 0 aliphatic carbocycles. The first kappa shape index (κ1) is 16.6. The molecule has 0 unspecified atom stereocenters. The third-order valence-electron chi connectivity index (χ3n) is 6.62. The Bertz CT molecular complexity index is 893. The predicted molar refractivity (Wildman–Crippen MR) is 97.1 cm³/mol. The second-order valence-corrected chi connectivity index (χ2v) is 8.43. The van der Waals surface area contributed by atoms with Crippen LogP contribution in [0.4, 0.5) is 0 Å². The van der Waals surface area contributed by atoms with Crippen LogP contribution in [-0.4, -0.2) is 47.3 Å². The summed E-state index contributed by atoms with van der Waals surface area (Å²) in [6.07, 6.45) is 4.11. The predicted octanol–water partition coefficient (Wildman–Crippen LogP) is 2.94. The smallest absolute Gasteiger partial charge is 0.227 e. The van der Waals surface area contributed by atoms with Gasteiger partial charge in [0.25, 0.3) is 0 Å². The van der Waals surface area contributed by atoms with E-state index in [1.165, 1.54) is 0 Å². The van der Waals surface area contributed by atoms with Gasteiger partial charge in [-0.15, -0.1) is 0 Å². The Labute approximate surface area is 156 Å². The number of rotatable bonds is 3. The summed E-state index contributed by atoms with van der Waals surface area (Å²) in [6, 6.07) is 3.78. The number of carbonyl (C=O) groups excluding carboxylic acids is 1. The Kier molecular flexibility index (Phi) is 3.65. The number of hydrogen-bond donors (Lipinski definition) is 1. The molecule has 3 fully saturated rings. The van der Waals surface area contributed by atoms with Crippen molar-refractivity contribution in [2.24, 2.45) is 11.8 Å². The molecule has 6 heteroatoms. The first-order chi connectivity index (χ1) is 12.5. The van der Waals surface area contributed by atoms with E-state index in [0.717, 1.165) is 34.9 Å². The van der Waals surface area contributed by atoms with Crippen molar-refractivity contribution < 1.29 is 19.1 Å². The van der Waals surface area contributed by atoms with Crippen LogP contribution < -0.4 is 0 Å². The van der Waals surface area contributed by atoms with Crippen molar-refractivity contribution in [3.05, 3.63) is 34.5 Å². The lowest BCUT2D eigenvalue weighted by Gasteiger charge is -2.27. The van der Waals surface area contributed by atoms with Crippen molar-refractivity contribution >= 4 is 28.5 Å². The number of benzene rings is 1. The van der Waals surface area contributed by atoms with Gasteiger partial charge in [0.1, 0.15) is 5.58 Å². The highest BCUT2D eigenvalue weighted by Gasteiger charge is 2.63. The molecular formula is C20H22ClNO4. The lowest BCUT2D eigenvalue weighted by Crippen LogP contribution is -2.38. The van der Waals surface area contributed by atoms with Crippen molar-refractivity contribution in [3.63, 3.8) is 0 Å². The van der Waals surface area contributed by atoms with E-state index in [4.69, 9.17) is 20.8 Å². The molecular weight excluding hydrogens is 354 g/mol. The van der Waals surface area contributed by atoms with Gasteiger partial charge >= 0.3 is 0 Å². The zero-order valence-corrected chi connectivity index (χ0v) is 15.5. The van der Waals surface area contributed by atoms with Gasteiger partial charge in [-0.05, 0) is 37.5 Å². The zero-order chi connectivity index (χ0) is 18.1. The molecule has 138 valence electrons. The Morgan fingerprint density at radius 1 is 1.46 bits per heavy atom. The van der Waals surface area contributed by atoms with Crippen LogP contribution in [0, 0.1) is 18.8 Å². The van der Waals surface area contributed by atoms with Crippen LogP contribution in [0.3, 0.4) is 0 Å². The van der Waals surface area contributed by atoms with E-state index >= 15 is 0 Å². The number of aryl methyl sites for hydroxylation is 1. The van der Waals surface area contributed by atoms with Crippen LogP contribution >= 0.6 is 11.6 Å². The lowest BCUT2D eigenvalue weighted by atomic mass is 9.74. The average Bonchev–Trinajstić information content (AvgIpc) is 3.35. The summed E-state index contributed by atoms with van der Waals surface area (Å²) in [5.41, 5.74) is 2.35. The van der Waals surface area contributed by atoms with Crippen LogP contribution in [0.25, 0.3) is 11.0 Å². The first-order valence-electron chi connectivity index (χ1n) is 9.23. The highest BCUT2D eigenvalue weighted by molar-refractivity contribution is 6.32. The summed E-state index contributed by atoms with van der Waals surface area (Å²) in [6.45, 7) is 3.39. The summed E-state index contributed by atoms with van der Waals surface area (Å²) in [5, 5.41) is 11.3. The maximum atomic E-state index is 12.9. The van der Waals surface area contributed by atoms with E-state index in [-0.39, 0.29) is 36.1 Å². The number of ether oxygens (including phenoxy) is 1. The first-order valence-corrected chi connectivity index (χ1v) is 9.61. The number of amides is 1. The monoisotopic (exact) mass is 375 g/mol. The van der Waals surface area contributed by atoms with Gasteiger partial charge in [0.2, 0.25) is 5.91 Å². The molecule has 2 bridgehead atoms. The molecule has 1 aromatic carbocycles. The number of aliphatic hydroxyl groups excluding tert-OH is 1. The topological polar surface area (TPSA) is 62.9 Å². The summed E-state index contributed by atoms with van der Waals surface area (Å²) < 4.78 is 11.8. The van der Waals surface area contributed by atoms with Gasteiger partial charge in [0.15, 0.2) is 0 Å². The molecule has 2 aromatic rings. The minimum absolute atomic E-state index is 0.0805. The number of hydrogen-bond acceptors (Lipinski definition) is 4. The molecule has 3 saturated heterocycles. The van der Waals surface area contributed by atoms with E-state index in [2.05, 4.69) is 0 Å². The highest BCUT2D eigenvalue weighted by Crippen LogP contribution is 2.54. The van der Waals surface area contributed by atoms with Crippen molar-refractivity contribution in [3.8, 4) is 0 Å². The molecule has 3 aliphatic heterocycles. The van der Waals surface area contributed by atoms with E-state index in [1.54, 1.807) is 6.26 Å². The van der Waals surface area contributed by atoms with Gasteiger partial charge in [-0.3, -0.25) is 4.79 Å². The summed E-state index contributed by atoms with van der Waals surface area (Å²) in [4.78, 5) is 14.8. The Morgan fingerprint density at radius 3 is 3.12 bits per heavy atom. The molecule has 0 radical (unpaired) electrons. The zero-order valence-electron chi connectivity index (χ0n) is 14.7. The van der Waals surface area contributed by atoms with E-state index in [0.29, 0.717) is 24.5 Å². The van der Waals surface area contributed by atoms with Crippen molar-refractivity contribution in [1.82, 2.24) is 4.90 Å². The molecule has 1 N–H and O–H groups in total. The minimum Gasteiger partial charge on any atom is -0.464 e. The van der Waals surface area contributed by atoms with Gasteiger partial charge in [0.05, 0.1) is 30.9 Å². The molecule has 5 rings (SSSR count). The summed E-state index contributed by atoms with van der Waals surface area (Å²) in [7, 11) is 0. The number of nitrogens with zero attached hydrogens (tertiary/aromatic N) is 1. The number of fused-ring (bicyclic) bond motifs is 2. The second kappa shape index (κ2) is 5.72. The second-order valence-electron chi connectivity index (χ2n) is 8.02. The van der Waals surface area contributed by atoms with Crippen molar-refractivity contribution in [1.29, 1.82) is 0 Å². The molecule has 4 atom stereocenters. The fourth-order valence-corrected chi connectivity index (χ4v) is 5.40. The van der Waals surface area contributed by atoms with Crippen molar-refractivity contribution in [2.75, 3.05) is 19.7 Å². The fourth-order valence-electron chi connectivity index (χ4n) is 5.24. The third kappa shape index (κ3) is 2.27. The van der Waals surface area contributed by atoms with Crippen LogP contribution in [0.15, 0.2) is 22.8 Å². The quantitative estimate of drug-likeness (QED) is 0.895. The molecule has 26 heavy (non-hydrogen) atoms. The number of carbonyl (C=O) groups is 1. The SMILES string of the molecule is Cc1cc2occ(CC(=O)N3C[C@@H]4[C@H](CO)[C@H]5CC[C@]4(C3)O5)c2cc1Cl. The molecule has 3 aliphatic rings. The van der Waals surface area contributed by atoms with E-state index in [1.807, 2.05) is 24.0 Å². The molecule has 4 heterocycles. The number of furan rings is 1. The third-order valence-corrected chi connectivity index (χ3v) is 7.03. The van der Waals surface area contributed by atoms with Crippen LogP contribution in [0.5, 0.6) is 0 Å². The Morgan fingerprint density at radius 2 is 2.31 bits per heavy atom. The Balaban J connectivity index is 1.37. The van der Waals surface area contributed by atoms with E-state index < -0.39 is 0 Å². The van der Waals surface area contributed by atoms with E-state index in [9.17, 15) is 9.90 Å². The molecule has 1 spiro atoms. The van der Waals surface area contributed by atoms with Gasteiger partial charge in [-0.2, -0.15) is 0 Å². The number of halogens is 1. The molecule has 5 nitrogen and oxygen atoms in total. The van der Waals surface area contributed by atoms with Crippen LogP contribution in [-0.2, 0) is 16.0 Å². The minimum atomic E-state index is -0.230. The van der Waals surface area contributed by atoms with Crippen LogP contribution in [0.2, 0.25) is 5.02 Å². The summed E-state index contributed by atoms with van der Waals surface area (Å²) in [5.74, 6) is 0.503. The number of aliphatic hydroxyl groups is 1. The largest absolute Gasteiger partial charge is 0.464 e. The van der Waals surface area contributed by atoms with Gasteiger partial charge in [-0.25, -0.2) is 0 Å². The fraction of sp³-hybridized carbons (Fsp3) is 0.550. The molecule has 1 aromatic heterocycles. The van der Waals surface area contributed by atoms with Gasteiger partial charge < -0.3 is 19.2 Å². The van der Waals surface area contributed by atoms with Gasteiger partial charge in [-0.1, -0.05) is 11.6 Å². The summed E-state index contributed by atoms with van der Waals surface area (Å²) >= 11 is 6.24. The Hall–Kier alpha value is -1.56.